The maximum Gasteiger partial charge on any atom is 0.411 e. The number of carbonyl (C=O) groups is 17. The number of hydrogen-bond donors (Lipinski definition) is 19. The second-order valence-electron chi connectivity index (χ2n) is 34.2. The first kappa shape index (κ1) is 113. The number of rotatable bonds is 58. The van der Waals surface area contributed by atoms with Gasteiger partial charge in [0.2, 0.25) is 59.1 Å². The smallest absolute Gasteiger partial charge is 0.411 e. The Kier molecular flexibility index (Phi) is 42.7. The highest BCUT2D eigenvalue weighted by Gasteiger charge is 2.43. The SMILES string of the molecule is C=C1CC2C=Nc3cc(OCCCCCOc4cc(NC(=O)OCC(C)(C)SSCCC(=O)NCCNC(=O)CCN5C(=O)CC(SC[C@H](NC(=O)[C@H](CC(=O)O)NC(=O)[C@H](CC(=O)O)NC(=O)[C@H](CCCNC(=N)N)NC(=O)[C@H](CC(=O)O)NC(=O)CC[C@@H](C)NC(=O)c6ccc(NCc7cnc8nc(N)[nH]c(=O)c8n7)cc6)C(=O)O)C5=O)c(C(=O)N5CC(=C)CC5/C=N/OC)cc4OC)c(OC)cc3C(=O)N2C1. The van der Waals surface area contributed by atoms with Crippen LogP contribution >= 0.6 is 33.3 Å². The van der Waals surface area contributed by atoms with Crippen LogP contribution in [0.5, 0.6) is 23.0 Å². The van der Waals surface area contributed by atoms with E-state index in [4.69, 9.17) is 45.4 Å². The summed E-state index contributed by atoms with van der Waals surface area (Å²) in [6.45, 7) is 13.8. The van der Waals surface area contributed by atoms with Gasteiger partial charge in [-0.3, -0.25) is 102 Å². The van der Waals surface area contributed by atoms with Gasteiger partial charge in [0.15, 0.2) is 40.1 Å². The topological polar surface area (TPSA) is 741 Å². The lowest BCUT2D eigenvalue weighted by Crippen LogP contribution is -2.59. The number of aromatic amines is 1. The molecular weight excluding hydrogens is 1960 g/mol. The molecule has 13 amide bonds. The Balaban J connectivity index is 0.681. The summed E-state index contributed by atoms with van der Waals surface area (Å²) in [6, 6.07) is 0.975. The number of nitrogens with zero attached hydrogens (tertiary/aromatic N) is 8. The maximum absolute atomic E-state index is 14.5. The first-order valence-corrected chi connectivity index (χ1v) is 49.0. The predicted octanol–water partition coefficient (Wildman–Crippen LogP) is 1.82. The largest absolute Gasteiger partial charge is 0.493 e. The Morgan fingerprint density at radius 2 is 1.29 bits per heavy atom. The zero-order chi connectivity index (χ0) is 106. The molecule has 4 aliphatic rings. The van der Waals surface area contributed by atoms with E-state index >= 15 is 0 Å². The third-order valence-corrected chi connectivity index (χ3v) is 26.8. The van der Waals surface area contributed by atoms with Crippen LogP contribution in [0.15, 0.2) is 94.0 Å². The molecule has 9 rings (SSSR count). The number of oxime groups is 1. The molecule has 5 aromatic rings. The number of nitrogens with two attached hydrogens (primary N) is 2. The average molecular weight is 2080 g/mol. The molecule has 0 bridgehead atoms. The lowest BCUT2D eigenvalue weighted by atomic mass is 10.1. The van der Waals surface area contributed by atoms with Crippen LogP contribution in [-0.4, -0.2) is 325 Å². The first-order chi connectivity index (χ1) is 69.0. The normalized spacial score (nSPS) is 16.0. The number of carboxylic acid groups (broad SMARTS) is 4. The molecule has 3 saturated heterocycles. The van der Waals surface area contributed by atoms with E-state index in [0.29, 0.717) is 96.9 Å². The van der Waals surface area contributed by atoms with Gasteiger partial charge in [0.05, 0.1) is 116 Å². The fraction of sp³-hybridized carbons (Fsp3) is 0.473. The molecule has 0 radical (unpaired) electrons. The number of fused-ring (bicyclic) bond motifs is 3. The summed E-state index contributed by atoms with van der Waals surface area (Å²) in [7, 11) is 6.94. The number of amides is 13. The second-order valence-corrected chi connectivity index (χ2v) is 38.6. The summed E-state index contributed by atoms with van der Waals surface area (Å²) < 4.78 is 28.7. The number of likely N-dealkylation sites (tertiary alicyclic amines) is 2. The molecule has 3 unspecified atom stereocenters. The van der Waals surface area contributed by atoms with Crippen molar-refractivity contribution >= 4 is 187 Å². The van der Waals surface area contributed by atoms with Crippen molar-refractivity contribution < 1.29 is 130 Å². The standard InChI is InChI=1S/C91H117N23O28S3/c1-47-29-53-41-99-58-33-66(64(137-6)31-55(58)84(131)113(53)43-47)140-26-10-9-11-27-141-67-34-59(56(32-65(67)138-7)85(132)114-44-48(2)30-54(114)42-101-139-8)109-90(136)142-46-91(4,5)145-144-28-21-70(116)96-24-23-95-69(115)20-25-112-72(118)38-68(86(112)133)143-45-63(87(134)135)108-82(129)62(37-75(123)124)107-81(128)61(36-74(121)122)106-79(126)57(13-12-22-97-88(92)93)105-80(127)60(35-73(119)120)104-71(117)19-14-49(3)102-78(125)50-15-17-51(18-16-50)98-39-52-40-100-77-76(103-52)83(130)111-89(94)110-77/h15-18,31-34,40-42,49,53-54,57,60-63,68,98H,1-2,9-14,19-30,35-39,43-46H2,3-8H3,(H,95,115)(H,96,116)(H,102,125)(H,104,117)(H,105,127)(H,106,126)(H,107,128)(H,108,129)(H,109,136)(H,119,120)(H,121,122)(H,123,124)(H,134,135)(H4,92,93,97)(H3,94,100,110,111,130)/b101-42+/t49-,53?,54?,57+,60+,61+,62+,63+,68?/m1/s1. The Bertz CT molecular complexity index is 5810. The molecule has 145 heavy (non-hydrogen) atoms. The second kappa shape index (κ2) is 54.7. The van der Waals surface area contributed by atoms with E-state index in [1.807, 2.05) is 24.5 Å². The molecule has 51 nitrogen and oxygen atoms in total. The van der Waals surface area contributed by atoms with Crippen molar-refractivity contribution in [2.45, 2.75) is 182 Å². The fourth-order valence-corrected chi connectivity index (χ4v) is 18.5. The molecule has 2 aromatic heterocycles. The van der Waals surface area contributed by atoms with Gasteiger partial charge in [0.25, 0.3) is 23.3 Å². The van der Waals surface area contributed by atoms with Crippen molar-refractivity contribution in [1.29, 1.82) is 5.41 Å². The number of anilines is 3. The highest BCUT2D eigenvalue weighted by atomic mass is 33.1. The number of H-pyrrole nitrogens is 1. The Hall–Kier alpha value is -15.4. The van der Waals surface area contributed by atoms with Crippen LogP contribution in [-0.2, 0) is 78.4 Å². The number of carboxylic acids is 4. The Morgan fingerprint density at radius 3 is 1.92 bits per heavy atom. The van der Waals surface area contributed by atoms with Gasteiger partial charge in [-0.25, -0.2) is 19.6 Å². The van der Waals surface area contributed by atoms with E-state index in [1.54, 1.807) is 42.3 Å². The fourth-order valence-electron chi connectivity index (χ4n) is 14.9. The zero-order valence-corrected chi connectivity index (χ0v) is 82.5. The molecule has 782 valence electrons. The van der Waals surface area contributed by atoms with E-state index in [1.165, 1.54) is 84.5 Å². The zero-order valence-electron chi connectivity index (χ0n) is 80.1. The Morgan fingerprint density at radius 1 is 0.683 bits per heavy atom. The number of ether oxygens (including phenoxy) is 5. The number of methoxy groups -OCH3 is 2. The number of aliphatic imine (C=N–C) groups is 1. The molecule has 0 aliphatic carbocycles. The van der Waals surface area contributed by atoms with Gasteiger partial charge in [-0.1, -0.05) is 51.0 Å². The lowest BCUT2D eigenvalue weighted by molar-refractivity contribution is -0.144. The van der Waals surface area contributed by atoms with Crippen LogP contribution in [0.3, 0.4) is 0 Å². The minimum atomic E-state index is -2.22. The number of thioether (sulfide) groups is 1. The van der Waals surface area contributed by atoms with Gasteiger partial charge in [-0.05, 0) is 109 Å². The highest BCUT2D eigenvalue weighted by Crippen LogP contribution is 2.41. The van der Waals surface area contributed by atoms with Crippen molar-refractivity contribution in [3.8, 4) is 23.0 Å². The monoisotopic (exact) mass is 2080 g/mol. The molecular formula is C91H117N23O28S3. The number of nitrogens with one attached hydrogen (secondary N) is 13. The first-order valence-electron chi connectivity index (χ1n) is 45.6. The van der Waals surface area contributed by atoms with Crippen LogP contribution in [0.1, 0.15) is 154 Å². The van der Waals surface area contributed by atoms with Gasteiger partial charge in [0.1, 0.15) is 43.9 Å². The number of aliphatic carboxylic acids is 4. The van der Waals surface area contributed by atoms with Crippen LogP contribution in [0.2, 0.25) is 0 Å². The van der Waals surface area contributed by atoms with E-state index in [2.05, 4.69) is 91.1 Å². The number of unbranched alkanes of at least 4 members (excludes halogenated alkanes) is 2. The highest BCUT2D eigenvalue weighted by molar-refractivity contribution is 8.77. The summed E-state index contributed by atoms with van der Waals surface area (Å²) in [5, 5.41) is 76.8. The van der Waals surface area contributed by atoms with Crippen molar-refractivity contribution in [2.24, 2.45) is 15.9 Å². The van der Waals surface area contributed by atoms with Gasteiger partial charge in [0, 0.05) is 112 Å². The molecule has 54 heteroatoms. The molecule has 6 heterocycles. The summed E-state index contributed by atoms with van der Waals surface area (Å²) >= 11 is 0.596. The van der Waals surface area contributed by atoms with Crippen LogP contribution < -0.4 is 94.5 Å². The molecule has 3 fully saturated rings. The van der Waals surface area contributed by atoms with Gasteiger partial charge >= 0.3 is 30.0 Å². The predicted molar refractivity (Wildman–Crippen MR) is 529 cm³/mol. The third-order valence-electron chi connectivity index (χ3n) is 22.2. The van der Waals surface area contributed by atoms with Gasteiger partial charge < -0.3 is 123 Å². The summed E-state index contributed by atoms with van der Waals surface area (Å²) in [4.78, 5) is 266. The van der Waals surface area contributed by atoms with Gasteiger partial charge in [-0.2, -0.15) is 4.98 Å². The van der Waals surface area contributed by atoms with Crippen molar-refractivity contribution in [3.05, 3.63) is 112 Å². The van der Waals surface area contributed by atoms with E-state index in [0.717, 1.165) is 16.0 Å². The Labute approximate surface area is 841 Å². The average Bonchev–Trinajstić information content (AvgIpc) is 1.64. The molecule has 3 aromatic carbocycles. The quantitative estimate of drug-likeness (QED) is 0.00502. The number of aromatic nitrogens is 4. The summed E-state index contributed by atoms with van der Waals surface area (Å²) in [6.07, 6.45) is 1.15. The van der Waals surface area contributed by atoms with Crippen molar-refractivity contribution in [1.82, 2.24) is 82.5 Å². The number of imide groups is 1. The van der Waals surface area contributed by atoms with E-state index in [-0.39, 0.29) is 128 Å². The number of hydrogen-bond acceptors (Lipinski definition) is 35. The number of guanidine groups is 1. The molecule has 0 saturated carbocycles. The van der Waals surface area contributed by atoms with E-state index < -0.39 is 210 Å². The molecule has 21 N–H and O–H groups in total. The van der Waals surface area contributed by atoms with Gasteiger partial charge in [-0.15, -0.1) is 11.8 Å². The number of benzene rings is 3. The van der Waals surface area contributed by atoms with Crippen molar-refractivity contribution in [3.63, 3.8) is 0 Å². The minimum Gasteiger partial charge on any atom is -0.493 e. The summed E-state index contributed by atoms with van der Waals surface area (Å²) in [5.74, 6) is -16.9. The minimum absolute atomic E-state index is 0.0205. The number of carbonyl (C=O) groups excluding carboxylic acids is 13. The summed E-state index contributed by atoms with van der Waals surface area (Å²) in [5.41, 5.74) is 14.3. The third kappa shape index (κ3) is 35.0. The molecule has 0 spiro atoms. The van der Waals surface area contributed by atoms with Crippen LogP contribution in [0.4, 0.5) is 27.8 Å². The molecule has 4 aliphatic heterocycles. The lowest BCUT2D eigenvalue weighted by Gasteiger charge is -2.26. The maximum atomic E-state index is 14.5. The van der Waals surface area contributed by atoms with E-state index in [9.17, 15) is 107 Å². The van der Waals surface area contributed by atoms with Crippen molar-refractivity contribution in [2.75, 3.05) is 108 Å². The van der Waals surface area contributed by atoms with Crippen LogP contribution in [0, 0.1) is 5.41 Å². The number of nitrogen functional groups attached to an aromatic ring is 1. The molecule has 9 atom stereocenters. The van der Waals surface area contributed by atoms with Crippen LogP contribution in [0.25, 0.3) is 11.2 Å².